The minimum absolute atomic E-state index is 0.0439. The van der Waals surface area contributed by atoms with Gasteiger partial charge in [-0.1, -0.05) is 0 Å². The van der Waals surface area contributed by atoms with Crippen LogP contribution >= 0.6 is 0 Å². The summed E-state index contributed by atoms with van der Waals surface area (Å²) in [5.41, 5.74) is -2.25. The van der Waals surface area contributed by atoms with Crippen molar-refractivity contribution in [3.63, 3.8) is 0 Å². The molecule has 0 amide bonds. The Labute approximate surface area is 137 Å². The Kier molecular flexibility index (Phi) is 3.97. The molecule has 2 N–H and O–H groups in total. The standard InChI is InChI=1S/C14H19F3O6S/c15-14(16,17)10(6-24(20,21)22)23-11(18)12-2-8-1-9(3-12)5-13(19,4-8)7-12/h8-10,19H,1-7H2,(H,20,21,22)/t8-,9?,10?,12?,13?/m0/s1. The normalized spacial score (nSPS) is 39.7. The van der Waals surface area contributed by atoms with Crippen LogP contribution in [0.25, 0.3) is 0 Å². The van der Waals surface area contributed by atoms with Crippen molar-refractivity contribution < 1.29 is 40.8 Å². The number of hydrogen-bond donors (Lipinski definition) is 2. The summed E-state index contributed by atoms with van der Waals surface area (Å²) in [7, 11) is -4.97. The average Bonchev–Trinajstić information content (AvgIpc) is 2.31. The van der Waals surface area contributed by atoms with Crippen LogP contribution in [0.5, 0.6) is 0 Å². The van der Waals surface area contributed by atoms with Gasteiger partial charge in [-0.25, -0.2) is 0 Å². The summed E-state index contributed by atoms with van der Waals surface area (Å²) in [6, 6.07) is 0. The second-order valence-corrected chi connectivity index (χ2v) is 9.15. The lowest BCUT2D eigenvalue weighted by Crippen LogP contribution is -2.59. The molecule has 4 fully saturated rings. The fraction of sp³-hybridized carbons (Fsp3) is 0.929. The number of ether oxygens (including phenoxy) is 1. The summed E-state index contributed by atoms with van der Waals surface area (Å²) < 4.78 is 73.6. The lowest BCUT2D eigenvalue weighted by atomic mass is 9.48. The zero-order chi connectivity index (χ0) is 18.0. The van der Waals surface area contributed by atoms with Crippen molar-refractivity contribution in [2.75, 3.05) is 5.75 Å². The van der Waals surface area contributed by atoms with E-state index in [9.17, 15) is 31.5 Å². The van der Waals surface area contributed by atoms with Crippen LogP contribution in [0.1, 0.15) is 38.5 Å². The maximum atomic E-state index is 13.0. The van der Waals surface area contributed by atoms with Crippen molar-refractivity contribution in [3.8, 4) is 0 Å². The highest BCUT2D eigenvalue weighted by Crippen LogP contribution is 2.62. The molecule has 0 aromatic heterocycles. The minimum Gasteiger partial charge on any atom is -0.451 e. The number of halogens is 3. The molecule has 0 radical (unpaired) electrons. The third-order valence-corrected chi connectivity index (χ3v) is 6.16. The highest BCUT2D eigenvalue weighted by atomic mass is 32.2. The first-order chi connectivity index (χ1) is 10.8. The van der Waals surface area contributed by atoms with Crippen molar-refractivity contribution in [1.82, 2.24) is 0 Å². The zero-order valence-corrected chi connectivity index (χ0v) is 13.6. The van der Waals surface area contributed by atoms with E-state index in [1.165, 1.54) is 0 Å². The summed E-state index contributed by atoms with van der Waals surface area (Å²) in [6.07, 6.45) is -5.37. The number of carbonyl (C=O) groups excluding carboxylic acids is 1. The molecule has 4 bridgehead atoms. The fourth-order valence-corrected chi connectivity index (χ4v) is 5.73. The van der Waals surface area contributed by atoms with Gasteiger partial charge >= 0.3 is 12.1 Å². The van der Waals surface area contributed by atoms with Crippen LogP contribution in [0.2, 0.25) is 0 Å². The predicted octanol–water partition coefficient (Wildman–Crippen LogP) is 1.68. The van der Waals surface area contributed by atoms with Crippen LogP contribution < -0.4 is 0 Å². The van der Waals surface area contributed by atoms with Crippen LogP contribution in [0.4, 0.5) is 13.2 Å². The summed E-state index contributed by atoms with van der Waals surface area (Å²) in [5.74, 6) is -2.72. The van der Waals surface area contributed by atoms with Gasteiger partial charge in [0.15, 0.2) is 0 Å². The summed E-state index contributed by atoms with van der Waals surface area (Å²) in [4.78, 5) is 12.5. The van der Waals surface area contributed by atoms with E-state index >= 15 is 0 Å². The maximum Gasteiger partial charge on any atom is 0.426 e. The van der Waals surface area contributed by atoms with Gasteiger partial charge in [0.1, 0.15) is 5.75 Å². The largest absolute Gasteiger partial charge is 0.451 e. The molecule has 0 heterocycles. The van der Waals surface area contributed by atoms with Crippen molar-refractivity contribution in [2.45, 2.75) is 56.4 Å². The van der Waals surface area contributed by atoms with Crippen LogP contribution in [-0.4, -0.2) is 47.7 Å². The third kappa shape index (κ3) is 3.41. The number of rotatable bonds is 4. The lowest BCUT2D eigenvalue weighted by molar-refractivity contribution is -0.234. The molecular weight excluding hydrogens is 353 g/mol. The average molecular weight is 372 g/mol. The molecule has 6 nitrogen and oxygen atoms in total. The van der Waals surface area contributed by atoms with E-state index in [0.717, 1.165) is 6.42 Å². The number of hydrogen-bond acceptors (Lipinski definition) is 5. The molecule has 0 aliphatic heterocycles. The first-order valence-electron chi connectivity index (χ1n) is 7.76. The molecule has 4 aliphatic rings. The summed E-state index contributed by atoms with van der Waals surface area (Å²) in [5, 5.41) is 10.5. The van der Waals surface area contributed by atoms with Crippen molar-refractivity contribution in [2.24, 2.45) is 17.3 Å². The topological polar surface area (TPSA) is 101 Å². The Morgan fingerprint density at radius 1 is 1.21 bits per heavy atom. The van der Waals surface area contributed by atoms with Crippen LogP contribution in [-0.2, 0) is 19.6 Å². The Morgan fingerprint density at radius 3 is 2.17 bits per heavy atom. The molecule has 0 aromatic rings. The van der Waals surface area contributed by atoms with Gasteiger partial charge in [-0.2, -0.15) is 21.6 Å². The van der Waals surface area contributed by atoms with E-state index in [-0.39, 0.29) is 18.3 Å². The van der Waals surface area contributed by atoms with Gasteiger partial charge in [-0.15, -0.1) is 0 Å². The fourth-order valence-electron chi connectivity index (χ4n) is 5.09. The highest BCUT2D eigenvalue weighted by Gasteiger charge is 2.62. The first kappa shape index (κ1) is 17.9. The smallest absolute Gasteiger partial charge is 0.426 e. The molecular formula is C14H19F3O6S. The Balaban J connectivity index is 1.80. The van der Waals surface area contributed by atoms with Gasteiger partial charge in [-0.05, 0) is 50.4 Å². The van der Waals surface area contributed by atoms with Crippen LogP contribution in [0.15, 0.2) is 0 Å². The van der Waals surface area contributed by atoms with Gasteiger partial charge in [0.2, 0.25) is 6.10 Å². The molecule has 0 spiro atoms. The molecule has 4 unspecified atom stereocenters. The van der Waals surface area contributed by atoms with E-state index in [4.69, 9.17) is 4.55 Å². The number of esters is 1. The monoisotopic (exact) mass is 372 g/mol. The Bertz CT molecular complexity index is 629. The molecule has 138 valence electrons. The molecule has 4 rings (SSSR count). The molecule has 4 saturated carbocycles. The van der Waals surface area contributed by atoms with E-state index in [0.29, 0.717) is 25.7 Å². The second kappa shape index (κ2) is 5.31. The summed E-state index contributed by atoms with van der Waals surface area (Å²) in [6.45, 7) is 0. The van der Waals surface area contributed by atoms with E-state index in [1.807, 2.05) is 0 Å². The third-order valence-electron chi connectivity index (χ3n) is 5.44. The quantitative estimate of drug-likeness (QED) is 0.575. The van der Waals surface area contributed by atoms with E-state index < -0.39 is 45.1 Å². The van der Waals surface area contributed by atoms with Crippen LogP contribution in [0, 0.1) is 17.3 Å². The van der Waals surface area contributed by atoms with Crippen molar-refractivity contribution in [3.05, 3.63) is 0 Å². The summed E-state index contributed by atoms with van der Waals surface area (Å²) >= 11 is 0. The molecule has 5 atom stereocenters. The van der Waals surface area contributed by atoms with Gasteiger partial charge in [0, 0.05) is 0 Å². The van der Waals surface area contributed by atoms with Crippen molar-refractivity contribution in [1.29, 1.82) is 0 Å². The van der Waals surface area contributed by atoms with Gasteiger partial charge < -0.3 is 9.84 Å². The molecule has 4 aliphatic carbocycles. The Morgan fingerprint density at radius 2 is 1.75 bits per heavy atom. The highest BCUT2D eigenvalue weighted by molar-refractivity contribution is 7.85. The number of alkyl halides is 3. The maximum absolute atomic E-state index is 13.0. The van der Waals surface area contributed by atoms with E-state index in [2.05, 4.69) is 4.74 Å². The van der Waals surface area contributed by atoms with Crippen molar-refractivity contribution >= 4 is 16.1 Å². The Hall–Kier alpha value is -0.870. The van der Waals surface area contributed by atoms with Gasteiger partial charge in [0.05, 0.1) is 11.0 Å². The number of aliphatic hydroxyl groups is 1. The SMILES string of the molecule is O=C(OC(CS(=O)(=O)O)C(F)(F)F)C12CC3C[C@H](CC(O)(C3)C1)C2. The van der Waals surface area contributed by atoms with Gasteiger partial charge in [-0.3, -0.25) is 9.35 Å². The number of carbonyl (C=O) groups is 1. The molecule has 0 aromatic carbocycles. The second-order valence-electron chi connectivity index (χ2n) is 7.65. The molecule has 24 heavy (non-hydrogen) atoms. The predicted molar refractivity (Wildman–Crippen MR) is 74.4 cm³/mol. The van der Waals surface area contributed by atoms with Crippen LogP contribution in [0.3, 0.4) is 0 Å². The zero-order valence-electron chi connectivity index (χ0n) is 12.8. The molecule has 0 saturated heterocycles. The molecule has 10 heteroatoms. The minimum atomic E-state index is -5.11. The van der Waals surface area contributed by atoms with E-state index in [1.54, 1.807) is 0 Å². The first-order valence-corrected chi connectivity index (χ1v) is 9.37. The lowest BCUT2D eigenvalue weighted by Gasteiger charge is -2.58. The van der Waals surface area contributed by atoms with Gasteiger partial charge in [0.25, 0.3) is 10.1 Å².